The molecule has 2 rings (SSSR count). The van der Waals surface area contributed by atoms with E-state index in [4.69, 9.17) is 9.84 Å². The van der Waals surface area contributed by atoms with Crippen LogP contribution in [0.4, 0.5) is 4.39 Å². The number of carboxylic acid groups (broad SMARTS) is 1. The standard InChI is InChI=1S/C14H9FO4/c15-11-5-1-10(2-6-11)14(18)19-12-7-3-9(4-8-12)13(16)17/h1-8H,(H,16,17). The van der Waals surface area contributed by atoms with Crippen LogP contribution >= 0.6 is 0 Å². The third-order valence-electron chi connectivity index (χ3n) is 2.39. The summed E-state index contributed by atoms with van der Waals surface area (Å²) in [4.78, 5) is 22.3. The van der Waals surface area contributed by atoms with Gasteiger partial charge in [0.25, 0.3) is 0 Å². The maximum absolute atomic E-state index is 12.7. The number of benzene rings is 2. The second-order valence-electron chi connectivity index (χ2n) is 3.73. The summed E-state index contributed by atoms with van der Waals surface area (Å²) in [6, 6.07) is 10.3. The molecule has 0 amide bonds. The van der Waals surface area contributed by atoms with Gasteiger partial charge in [-0.05, 0) is 48.5 Å². The number of esters is 1. The van der Waals surface area contributed by atoms with Crippen molar-refractivity contribution in [1.82, 2.24) is 0 Å². The lowest BCUT2D eigenvalue weighted by atomic mass is 10.2. The molecule has 0 spiro atoms. The van der Waals surface area contributed by atoms with Crippen molar-refractivity contribution >= 4 is 11.9 Å². The summed E-state index contributed by atoms with van der Waals surface area (Å²) in [6.45, 7) is 0. The van der Waals surface area contributed by atoms with Crippen LogP contribution in [0.5, 0.6) is 5.75 Å². The molecule has 0 aromatic heterocycles. The topological polar surface area (TPSA) is 63.6 Å². The largest absolute Gasteiger partial charge is 0.478 e. The van der Waals surface area contributed by atoms with E-state index in [-0.39, 0.29) is 16.9 Å². The zero-order chi connectivity index (χ0) is 13.8. The highest BCUT2D eigenvalue weighted by Crippen LogP contribution is 2.14. The third kappa shape index (κ3) is 3.16. The molecule has 0 atom stereocenters. The summed E-state index contributed by atoms with van der Waals surface area (Å²) in [5, 5.41) is 8.72. The fourth-order valence-electron chi connectivity index (χ4n) is 1.42. The van der Waals surface area contributed by atoms with Crippen LogP contribution in [0.2, 0.25) is 0 Å². The number of hydrogen-bond donors (Lipinski definition) is 1. The highest BCUT2D eigenvalue weighted by Gasteiger charge is 2.09. The van der Waals surface area contributed by atoms with Crippen molar-refractivity contribution in [1.29, 1.82) is 0 Å². The first-order valence-electron chi connectivity index (χ1n) is 5.37. The Labute approximate surface area is 108 Å². The molecular formula is C14H9FO4. The number of carbonyl (C=O) groups is 2. The number of halogens is 1. The molecule has 0 radical (unpaired) electrons. The fraction of sp³-hybridized carbons (Fsp3) is 0. The first-order valence-corrected chi connectivity index (χ1v) is 5.37. The minimum atomic E-state index is -1.06. The predicted octanol–water partition coefficient (Wildman–Crippen LogP) is 2.74. The average Bonchev–Trinajstić information content (AvgIpc) is 2.40. The molecule has 0 aliphatic heterocycles. The van der Waals surface area contributed by atoms with E-state index < -0.39 is 17.8 Å². The van der Waals surface area contributed by atoms with E-state index in [1.54, 1.807) is 0 Å². The number of ether oxygens (including phenoxy) is 1. The summed E-state index contributed by atoms with van der Waals surface area (Å²) < 4.78 is 17.7. The number of carbonyl (C=O) groups excluding carboxylic acids is 1. The van der Waals surface area contributed by atoms with E-state index in [1.165, 1.54) is 36.4 Å². The van der Waals surface area contributed by atoms with Crippen LogP contribution in [-0.2, 0) is 0 Å². The molecule has 0 aliphatic rings. The molecule has 2 aromatic carbocycles. The van der Waals surface area contributed by atoms with Crippen molar-refractivity contribution in [2.45, 2.75) is 0 Å². The van der Waals surface area contributed by atoms with Gasteiger partial charge in [0.15, 0.2) is 0 Å². The molecule has 0 fully saturated rings. The predicted molar refractivity (Wildman–Crippen MR) is 64.8 cm³/mol. The smallest absolute Gasteiger partial charge is 0.343 e. The van der Waals surface area contributed by atoms with Gasteiger partial charge in [-0.25, -0.2) is 14.0 Å². The molecular weight excluding hydrogens is 251 g/mol. The average molecular weight is 260 g/mol. The summed E-state index contributed by atoms with van der Waals surface area (Å²) in [5.74, 6) is -1.92. The Morgan fingerprint density at radius 2 is 1.42 bits per heavy atom. The summed E-state index contributed by atoms with van der Waals surface area (Å²) >= 11 is 0. The Bertz CT molecular complexity index is 602. The molecule has 4 nitrogen and oxygen atoms in total. The van der Waals surface area contributed by atoms with Gasteiger partial charge in [0.05, 0.1) is 11.1 Å². The lowest BCUT2D eigenvalue weighted by molar-refractivity contribution is 0.0696. The van der Waals surface area contributed by atoms with E-state index in [9.17, 15) is 14.0 Å². The van der Waals surface area contributed by atoms with Crippen LogP contribution in [0, 0.1) is 5.82 Å². The van der Waals surface area contributed by atoms with Crippen LogP contribution in [0.1, 0.15) is 20.7 Å². The first-order chi connectivity index (χ1) is 9.06. The van der Waals surface area contributed by atoms with Gasteiger partial charge >= 0.3 is 11.9 Å². The highest BCUT2D eigenvalue weighted by atomic mass is 19.1. The highest BCUT2D eigenvalue weighted by molar-refractivity contribution is 5.91. The normalized spacial score (nSPS) is 9.95. The summed E-state index contributed by atoms with van der Waals surface area (Å²) in [5.41, 5.74) is 0.310. The second-order valence-corrected chi connectivity index (χ2v) is 3.73. The minimum absolute atomic E-state index is 0.0987. The number of carboxylic acids is 1. The van der Waals surface area contributed by atoms with Gasteiger partial charge in [0.2, 0.25) is 0 Å². The van der Waals surface area contributed by atoms with Crippen LogP contribution in [0.25, 0.3) is 0 Å². The van der Waals surface area contributed by atoms with Crippen molar-refractivity contribution in [2.24, 2.45) is 0 Å². The summed E-state index contributed by atoms with van der Waals surface area (Å²) in [6.07, 6.45) is 0. The zero-order valence-corrected chi connectivity index (χ0v) is 9.67. The monoisotopic (exact) mass is 260 g/mol. The SMILES string of the molecule is O=C(O)c1ccc(OC(=O)c2ccc(F)cc2)cc1. The van der Waals surface area contributed by atoms with Gasteiger partial charge in [-0.2, -0.15) is 0 Å². The molecule has 19 heavy (non-hydrogen) atoms. The molecule has 0 heterocycles. The van der Waals surface area contributed by atoms with Crippen LogP contribution < -0.4 is 4.74 Å². The maximum atomic E-state index is 12.7. The molecule has 5 heteroatoms. The maximum Gasteiger partial charge on any atom is 0.343 e. The minimum Gasteiger partial charge on any atom is -0.478 e. The molecule has 0 aliphatic carbocycles. The van der Waals surface area contributed by atoms with Crippen molar-refractivity contribution in [3.05, 3.63) is 65.5 Å². The van der Waals surface area contributed by atoms with E-state index in [0.717, 1.165) is 12.1 Å². The van der Waals surface area contributed by atoms with Gasteiger partial charge < -0.3 is 9.84 Å². The molecule has 0 bridgehead atoms. The van der Waals surface area contributed by atoms with E-state index in [1.807, 2.05) is 0 Å². The van der Waals surface area contributed by atoms with Gasteiger partial charge in [-0.1, -0.05) is 0 Å². The summed E-state index contributed by atoms with van der Waals surface area (Å²) in [7, 11) is 0. The Balaban J connectivity index is 2.10. The van der Waals surface area contributed by atoms with Gasteiger partial charge in [-0.15, -0.1) is 0 Å². The van der Waals surface area contributed by atoms with Gasteiger partial charge in [0, 0.05) is 0 Å². The first kappa shape index (κ1) is 12.8. The van der Waals surface area contributed by atoms with Crippen molar-refractivity contribution in [2.75, 3.05) is 0 Å². The van der Waals surface area contributed by atoms with E-state index in [0.29, 0.717) is 0 Å². The number of rotatable bonds is 3. The van der Waals surface area contributed by atoms with Crippen molar-refractivity contribution < 1.29 is 23.8 Å². The molecule has 96 valence electrons. The molecule has 2 aromatic rings. The molecule has 0 saturated carbocycles. The second kappa shape index (κ2) is 5.30. The molecule has 0 unspecified atom stereocenters. The Hall–Kier alpha value is -2.69. The van der Waals surface area contributed by atoms with Crippen LogP contribution in [-0.4, -0.2) is 17.0 Å². The van der Waals surface area contributed by atoms with Crippen molar-refractivity contribution in [3.63, 3.8) is 0 Å². The fourth-order valence-corrected chi connectivity index (χ4v) is 1.42. The Kier molecular flexibility index (Phi) is 3.56. The van der Waals surface area contributed by atoms with E-state index >= 15 is 0 Å². The lowest BCUT2D eigenvalue weighted by Crippen LogP contribution is -2.08. The number of aromatic carboxylic acids is 1. The zero-order valence-electron chi connectivity index (χ0n) is 9.67. The Morgan fingerprint density at radius 1 is 0.895 bits per heavy atom. The Morgan fingerprint density at radius 3 is 1.95 bits per heavy atom. The molecule has 1 N–H and O–H groups in total. The quantitative estimate of drug-likeness (QED) is 0.680. The van der Waals surface area contributed by atoms with Crippen LogP contribution in [0.3, 0.4) is 0 Å². The lowest BCUT2D eigenvalue weighted by Gasteiger charge is -2.04. The number of hydrogen-bond acceptors (Lipinski definition) is 3. The third-order valence-corrected chi connectivity index (χ3v) is 2.39. The van der Waals surface area contributed by atoms with E-state index in [2.05, 4.69) is 0 Å². The van der Waals surface area contributed by atoms with Crippen molar-refractivity contribution in [3.8, 4) is 5.75 Å². The molecule has 0 saturated heterocycles. The van der Waals surface area contributed by atoms with Gasteiger partial charge in [0.1, 0.15) is 11.6 Å². The van der Waals surface area contributed by atoms with Gasteiger partial charge in [-0.3, -0.25) is 0 Å². The van der Waals surface area contributed by atoms with Crippen LogP contribution in [0.15, 0.2) is 48.5 Å².